The van der Waals surface area contributed by atoms with E-state index >= 15 is 0 Å². The fraction of sp³-hybridized carbons (Fsp3) is 0.579. The van der Waals surface area contributed by atoms with Gasteiger partial charge in [-0.15, -0.1) is 0 Å². The predicted molar refractivity (Wildman–Crippen MR) is 94.1 cm³/mol. The normalized spacial score (nSPS) is 23.4. The number of anilines is 2. The van der Waals surface area contributed by atoms with Crippen molar-refractivity contribution in [2.24, 2.45) is 11.8 Å². The minimum atomic E-state index is -0.0584. The molecule has 0 bridgehead atoms. The number of carbonyl (C=O) groups excluding carboxylic acids is 2. The Morgan fingerprint density at radius 3 is 2.46 bits per heavy atom. The molecule has 5 heteroatoms. The van der Waals surface area contributed by atoms with E-state index in [0.717, 1.165) is 37.7 Å². The van der Waals surface area contributed by atoms with E-state index in [1.807, 2.05) is 11.0 Å². The molecule has 2 amide bonds. The molecule has 0 aromatic heterocycles. The van der Waals surface area contributed by atoms with Crippen LogP contribution in [0.3, 0.4) is 0 Å². The summed E-state index contributed by atoms with van der Waals surface area (Å²) in [6.07, 6.45) is 3.46. The number of benzene rings is 1. The quantitative estimate of drug-likeness (QED) is 0.854. The van der Waals surface area contributed by atoms with E-state index in [9.17, 15) is 9.59 Å². The molecule has 5 nitrogen and oxygen atoms in total. The van der Waals surface area contributed by atoms with Gasteiger partial charge in [-0.05, 0) is 37.3 Å². The van der Waals surface area contributed by atoms with Gasteiger partial charge in [-0.1, -0.05) is 12.1 Å². The van der Waals surface area contributed by atoms with E-state index in [4.69, 9.17) is 0 Å². The third kappa shape index (κ3) is 2.87. The van der Waals surface area contributed by atoms with E-state index in [1.54, 1.807) is 11.8 Å². The van der Waals surface area contributed by atoms with Gasteiger partial charge < -0.3 is 14.7 Å². The van der Waals surface area contributed by atoms with Crippen LogP contribution in [0.25, 0.3) is 0 Å². The Bertz CT molecular complexity index is 656. The van der Waals surface area contributed by atoms with Crippen LogP contribution in [-0.4, -0.2) is 49.4 Å². The van der Waals surface area contributed by atoms with Crippen LogP contribution in [0.15, 0.2) is 24.3 Å². The van der Waals surface area contributed by atoms with Crippen LogP contribution in [0, 0.1) is 11.8 Å². The Kier molecular flexibility index (Phi) is 3.94. The van der Waals surface area contributed by atoms with Gasteiger partial charge in [0.25, 0.3) is 0 Å². The Balaban J connectivity index is 1.53. The highest BCUT2D eigenvalue weighted by molar-refractivity contribution is 5.99. The number of hydrogen-bond donors (Lipinski definition) is 0. The van der Waals surface area contributed by atoms with Gasteiger partial charge in [0.1, 0.15) is 0 Å². The maximum atomic E-state index is 13.0. The molecule has 1 saturated heterocycles. The van der Waals surface area contributed by atoms with E-state index in [1.165, 1.54) is 18.5 Å². The van der Waals surface area contributed by atoms with E-state index in [2.05, 4.69) is 23.1 Å². The van der Waals surface area contributed by atoms with Crippen LogP contribution in [0.1, 0.15) is 26.2 Å². The molecule has 1 atom stereocenters. The van der Waals surface area contributed by atoms with Gasteiger partial charge in [-0.3, -0.25) is 9.59 Å². The summed E-state index contributed by atoms with van der Waals surface area (Å²) in [4.78, 5) is 30.8. The molecule has 1 aromatic carbocycles. The Hall–Kier alpha value is -2.04. The zero-order chi connectivity index (χ0) is 16.7. The van der Waals surface area contributed by atoms with Crippen LogP contribution >= 0.6 is 0 Å². The summed E-state index contributed by atoms with van der Waals surface area (Å²) in [6.45, 7) is 5.62. The maximum absolute atomic E-state index is 13.0. The van der Waals surface area contributed by atoms with E-state index in [-0.39, 0.29) is 17.7 Å². The summed E-state index contributed by atoms with van der Waals surface area (Å²) in [7, 11) is 0. The molecule has 1 saturated carbocycles. The molecule has 1 aromatic rings. The lowest BCUT2D eigenvalue weighted by Gasteiger charge is -2.38. The Morgan fingerprint density at radius 2 is 1.79 bits per heavy atom. The van der Waals surface area contributed by atoms with Gasteiger partial charge >= 0.3 is 0 Å². The third-order valence-electron chi connectivity index (χ3n) is 5.53. The van der Waals surface area contributed by atoms with Gasteiger partial charge in [0, 0.05) is 39.6 Å². The summed E-state index contributed by atoms with van der Waals surface area (Å²) in [5.74, 6) is 1.02. The first-order valence-electron chi connectivity index (χ1n) is 9.04. The fourth-order valence-corrected chi connectivity index (χ4v) is 3.92. The highest BCUT2D eigenvalue weighted by atomic mass is 16.2. The molecule has 0 radical (unpaired) electrons. The van der Waals surface area contributed by atoms with Crippen molar-refractivity contribution in [2.45, 2.75) is 26.2 Å². The summed E-state index contributed by atoms with van der Waals surface area (Å²) < 4.78 is 0. The first-order chi connectivity index (χ1) is 11.6. The van der Waals surface area contributed by atoms with Gasteiger partial charge in [0.05, 0.1) is 17.3 Å². The highest BCUT2D eigenvalue weighted by Gasteiger charge is 2.36. The SMILES string of the molecule is CC(=O)N1CCC(C(=O)N2CCN(CC3CC3)c3ccccc32)C1. The molecular formula is C19H25N3O2. The molecule has 0 spiro atoms. The lowest BCUT2D eigenvalue weighted by atomic mass is 10.0. The molecule has 2 fully saturated rings. The monoisotopic (exact) mass is 327 g/mol. The molecule has 24 heavy (non-hydrogen) atoms. The average molecular weight is 327 g/mol. The summed E-state index contributed by atoms with van der Waals surface area (Å²) in [6, 6.07) is 8.26. The lowest BCUT2D eigenvalue weighted by Crippen LogP contribution is -2.47. The van der Waals surface area contributed by atoms with Crippen molar-refractivity contribution in [3.63, 3.8) is 0 Å². The standard InChI is InChI=1S/C19H25N3O2/c1-14(23)20-9-8-16(13-20)19(24)22-11-10-21(12-15-6-7-15)17-4-2-3-5-18(17)22/h2-5,15-16H,6-13H2,1H3. The molecule has 2 aliphatic heterocycles. The van der Waals surface area contributed by atoms with Crippen LogP contribution in [0.4, 0.5) is 11.4 Å². The molecule has 2 heterocycles. The number of fused-ring (bicyclic) bond motifs is 1. The Morgan fingerprint density at radius 1 is 1.04 bits per heavy atom. The maximum Gasteiger partial charge on any atom is 0.232 e. The predicted octanol–water partition coefficient (Wildman–Crippen LogP) is 2.12. The molecule has 128 valence electrons. The van der Waals surface area contributed by atoms with Gasteiger partial charge in [0.15, 0.2) is 0 Å². The first kappa shape index (κ1) is 15.5. The third-order valence-corrected chi connectivity index (χ3v) is 5.53. The second kappa shape index (κ2) is 6.11. The molecule has 3 aliphatic rings. The number of nitrogens with zero attached hydrogens (tertiary/aromatic N) is 3. The number of carbonyl (C=O) groups is 2. The highest BCUT2D eigenvalue weighted by Crippen LogP contribution is 2.38. The number of amides is 2. The van der Waals surface area contributed by atoms with Crippen molar-refractivity contribution >= 4 is 23.2 Å². The van der Waals surface area contributed by atoms with Crippen LogP contribution < -0.4 is 9.80 Å². The number of rotatable bonds is 3. The van der Waals surface area contributed by atoms with Crippen LogP contribution in [0.5, 0.6) is 0 Å². The minimum absolute atomic E-state index is 0.0584. The summed E-state index contributed by atoms with van der Waals surface area (Å²) in [5.41, 5.74) is 2.22. The van der Waals surface area contributed by atoms with Crippen LogP contribution in [0.2, 0.25) is 0 Å². The summed E-state index contributed by atoms with van der Waals surface area (Å²) >= 11 is 0. The van der Waals surface area contributed by atoms with Crippen molar-refractivity contribution in [3.05, 3.63) is 24.3 Å². The number of hydrogen-bond acceptors (Lipinski definition) is 3. The molecule has 0 N–H and O–H groups in total. The molecule has 4 rings (SSSR count). The topological polar surface area (TPSA) is 43.9 Å². The number of para-hydroxylation sites is 2. The largest absolute Gasteiger partial charge is 0.368 e. The Labute approximate surface area is 143 Å². The zero-order valence-corrected chi connectivity index (χ0v) is 14.3. The van der Waals surface area contributed by atoms with E-state index < -0.39 is 0 Å². The van der Waals surface area contributed by atoms with Gasteiger partial charge in [0.2, 0.25) is 11.8 Å². The van der Waals surface area contributed by atoms with Crippen molar-refractivity contribution < 1.29 is 9.59 Å². The fourth-order valence-electron chi connectivity index (χ4n) is 3.92. The second-order valence-corrected chi connectivity index (χ2v) is 7.32. The first-order valence-corrected chi connectivity index (χ1v) is 9.04. The van der Waals surface area contributed by atoms with Crippen LogP contribution in [-0.2, 0) is 9.59 Å². The minimum Gasteiger partial charge on any atom is -0.368 e. The number of likely N-dealkylation sites (tertiary alicyclic amines) is 1. The van der Waals surface area contributed by atoms with E-state index in [0.29, 0.717) is 13.1 Å². The van der Waals surface area contributed by atoms with Gasteiger partial charge in [-0.2, -0.15) is 0 Å². The van der Waals surface area contributed by atoms with Crippen molar-refractivity contribution in [1.82, 2.24) is 4.90 Å². The molecule has 1 unspecified atom stereocenters. The zero-order valence-electron chi connectivity index (χ0n) is 14.3. The van der Waals surface area contributed by atoms with Crippen molar-refractivity contribution in [2.75, 3.05) is 42.5 Å². The lowest BCUT2D eigenvalue weighted by molar-refractivity contribution is -0.128. The average Bonchev–Trinajstić information content (AvgIpc) is 3.26. The molecular weight excluding hydrogens is 302 g/mol. The second-order valence-electron chi connectivity index (χ2n) is 7.32. The summed E-state index contributed by atoms with van der Waals surface area (Å²) in [5, 5.41) is 0. The van der Waals surface area contributed by atoms with Crippen molar-refractivity contribution in [3.8, 4) is 0 Å². The van der Waals surface area contributed by atoms with Gasteiger partial charge in [-0.25, -0.2) is 0 Å². The van der Waals surface area contributed by atoms with Crippen molar-refractivity contribution in [1.29, 1.82) is 0 Å². The smallest absolute Gasteiger partial charge is 0.232 e. The molecule has 1 aliphatic carbocycles.